The molecule has 1 aliphatic heterocycles. The fourth-order valence-corrected chi connectivity index (χ4v) is 7.37. The van der Waals surface area contributed by atoms with Crippen molar-refractivity contribution in [1.29, 1.82) is 0 Å². The number of carbonyl (C=O) groups excluding carboxylic acids is 1. The van der Waals surface area contributed by atoms with Crippen molar-refractivity contribution in [3.05, 3.63) is 104 Å². The predicted octanol–water partition coefficient (Wildman–Crippen LogP) is 6.74. The van der Waals surface area contributed by atoms with Crippen molar-refractivity contribution in [3.63, 3.8) is 0 Å². The van der Waals surface area contributed by atoms with Gasteiger partial charge in [0.25, 0.3) is 11.4 Å². The van der Waals surface area contributed by atoms with Crippen LogP contribution in [0.15, 0.2) is 71.6 Å². The van der Waals surface area contributed by atoms with Gasteiger partial charge in [-0.3, -0.25) is 25.0 Å². The summed E-state index contributed by atoms with van der Waals surface area (Å²) in [7, 11) is 0. The van der Waals surface area contributed by atoms with Gasteiger partial charge in [-0.25, -0.2) is 0 Å². The number of nitro groups is 2. The molecule has 5 atom stereocenters. The number of anilines is 1. The van der Waals surface area contributed by atoms with Crippen molar-refractivity contribution in [1.82, 2.24) is 0 Å². The molecule has 8 nitrogen and oxygen atoms in total. The normalized spacial score (nSPS) is 24.3. The first-order chi connectivity index (χ1) is 17.3. The zero-order valence-corrected chi connectivity index (χ0v) is 20.7. The number of Topliss-reactive ketones (excluding diaryl/α,β-unsaturated/α-hetero) is 1. The summed E-state index contributed by atoms with van der Waals surface area (Å²) in [6.45, 7) is 1.51. The summed E-state index contributed by atoms with van der Waals surface area (Å²) in [5, 5.41) is 26.3. The van der Waals surface area contributed by atoms with Crippen molar-refractivity contribution in [2.45, 2.75) is 40.8 Å². The third-order valence-electron chi connectivity index (χ3n) is 7.03. The van der Waals surface area contributed by atoms with Gasteiger partial charge in [-0.1, -0.05) is 30.3 Å². The SMILES string of the molecule is CC(=O)c1ccc2c(c1)[C@@H]1[C@@H](Cl)[C@@H](Sc3ccccc3[N+](=O)[O-])C[C@H]1[C@H](c1ccccc1[N+](=O)[O-])N2. The second-order valence-electron chi connectivity index (χ2n) is 9.05. The molecule has 1 saturated carbocycles. The maximum Gasteiger partial charge on any atom is 0.282 e. The molecule has 0 saturated heterocycles. The maximum atomic E-state index is 12.1. The Balaban J connectivity index is 1.60. The molecular formula is C26H22ClN3O5S. The summed E-state index contributed by atoms with van der Waals surface area (Å²) in [5.41, 5.74) is 2.86. The number of alkyl halides is 1. The lowest BCUT2D eigenvalue weighted by Gasteiger charge is -2.38. The van der Waals surface area contributed by atoms with E-state index in [9.17, 15) is 25.0 Å². The van der Waals surface area contributed by atoms with E-state index in [4.69, 9.17) is 11.6 Å². The molecule has 0 unspecified atom stereocenters. The van der Waals surface area contributed by atoms with Gasteiger partial charge < -0.3 is 5.32 Å². The molecule has 0 radical (unpaired) electrons. The Hall–Kier alpha value is -3.43. The van der Waals surface area contributed by atoms with Gasteiger partial charge in [0.05, 0.1) is 31.7 Å². The van der Waals surface area contributed by atoms with E-state index in [0.717, 1.165) is 11.3 Å². The van der Waals surface area contributed by atoms with E-state index in [-0.39, 0.29) is 45.2 Å². The molecule has 36 heavy (non-hydrogen) atoms. The van der Waals surface area contributed by atoms with Gasteiger partial charge in [-0.05, 0) is 49.1 Å². The predicted molar refractivity (Wildman–Crippen MR) is 139 cm³/mol. The highest BCUT2D eigenvalue weighted by atomic mass is 35.5. The van der Waals surface area contributed by atoms with Crippen LogP contribution in [-0.4, -0.2) is 26.3 Å². The highest BCUT2D eigenvalue weighted by Gasteiger charge is 2.51. The standard InChI is InChI=1S/C26H22ClN3O5S/c1-14(31)15-10-11-19-17(12-15)24-18(26(28-19)16-6-2-3-7-20(16)29(32)33)13-23(25(24)27)36-22-9-5-4-8-21(22)30(34)35/h2-12,18,23-26,28H,13H2,1H3/t18-,23+,24+,25+,26+/m1/s1. The van der Waals surface area contributed by atoms with E-state index in [1.165, 1.54) is 30.8 Å². The zero-order chi connectivity index (χ0) is 25.6. The van der Waals surface area contributed by atoms with Gasteiger partial charge in [0, 0.05) is 34.6 Å². The Morgan fingerprint density at radius 1 is 0.972 bits per heavy atom. The number of fused-ring (bicyclic) bond motifs is 3. The summed E-state index contributed by atoms with van der Waals surface area (Å²) in [4.78, 5) is 35.3. The number of ketones is 1. The van der Waals surface area contributed by atoms with Crippen molar-refractivity contribution in [2.24, 2.45) is 5.92 Å². The van der Waals surface area contributed by atoms with Crippen molar-refractivity contribution in [3.8, 4) is 0 Å². The van der Waals surface area contributed by atoms with Gasteiger partial charge in [0.1, 0.15) is 0 Å². The molecule has 3 aromatic rings. The van der Waals surface area contributed by atoms with Crippen LogP contribution >= 0.6 is 23.4 Å². The maximum absolute atomic E-state index is 12.1. The lowest BCUT2D eigenvalue weighted by atomic mass is 9.76. The average molecular weight is 524 g/mol. The van der Waals surface area contributed by atoms with Gasteiger partial charge >= 0.3 is 0 Å². The molecule has 0 aromatic heterocycles. The lowest BCUT2D eigenvalue weighted by molar-refractivity contribution is -0.387. The average Bonchev–Trinajstić information content (AvgIpc) is 3.19. The number of hydrogen-bond acceptors (Lipinski definition) is 7. The number of para-hydroxylation sites is 2. The third-order valence-corrected chi connectivity index (χ3v) is 9.14. The largest absolute Gasteiger partial charge is 0.377 e. The van der Waals surface area contributed by atoms with Crippen LogP contribution in [0.2, 0.25) is 0 Å². The summed E-state index contributed by atoms with van der Waals surface area (Å²) < 4.78 is 0. The number of nitrogens with zero attached hydrogens (tertiary/aromatic N) is 2. The fraction of sp³-hybridized carbons (Fsp3) is 0.269. The fourth-order valence-electron chi connectivity index (χ4n) is 5.43. The number of halogens is 1. The molecule has 0 amide bonds. The van der Waals surface area contributed by atoms with Crippen LogP contribution < -0.4 is 5.32 Å². The number of thioether (sulfide) groups is 1. The van der Waals surface area contributed by atoms with E-state index >= 15 is 0 Å². The Morgan fingerprint density at radius 2 is 1.64 bits per heavy atom. The molecule has 2 aliphatic rings. The number of carbonyl (C=O) groups is 1. The van der Waals surface area contributed by atoms with Crippen molar-refractivity contribution < 1.29 is 14.6 Å². The molecule has 1 N–H and O–H groups in total. The highest BCUT2D eigenvalue weighted by Crippen LogP contribution is 2.58. The molecule has 0 spiro atoms. The number of nitro benzene ring substituents is 2. The molecule has 0 bridgehead atoms. The number of rotatable bonds is 6. The van der Waals surface area contributed by atoms with E-state index < -0.39 is 10.3 Å². The molecule has 1 fully saturated rings. The Morgan fingerprint density at radius 3 is 2.33 bits per heavy atom. The van der Waals surface area contributed by atoms with Crippen LogP contribution in [0.4, 0.5) is 17.1 Å². The lowest BCUT2D eigenvalue weighted by Crippen LogP contribution is -2.31. The van der Waals surface area contributed by atoms with Gasteiger partial charge in [-0.15, -0.1) is 23.4 Å². The van der Waals surface area contributed by atoms with E-state index in [0.29, 0.717) is 22.4 Å². The van der Waals surface area contributed by atoms with Crippen LogP contribution in [0.3, 0.4) is 0 Å². The topological polar surface area (TPSA) is 115 Å². The summed E-state index contributed by atoms with van der Waals surface area (Å²) in [5.74, 6) is -0.388. The summed E-state index contributed by atoms with van der Waals surface area (Å²) in [6, 6.07) is 18.3. The van der Waals surface area contributed by atoms with Crippen LogP contribution in [0.25, 0.3) is 0 Å². The van der Waals surface area contributed by atoms with Crippen LogP contribution in [-0.2, 0) is 0 Å². The van der Waals surface area contributed by atoms with Gasteiger partial charge in [0.2, 0.25) is 0 Å². The quantitative estimate of drug-likeness (QED) is 0.164. The van der Waals surface area contributed by atoms with Gasteiger partial charge in [0.15, 0.2) is 5.78 Å². The molecular weight excluding hydrogens is 502 g/mol. The van der Waals surface area contributed by atoms with Crippen LogP contribution in [0, 0.1) is 26.1 Å². The number of nitrogens with one attached hydrogen (secondary N) is 1. The van der Waals surface area contributed by atoms with Crippen LogP contribution in [0.5, 0.6) is 0 Å². The Kier molecular flexibility index (Phi) is 6.44. The van der Waals surface area contributed by atoms with Crippen molar-refractivity contribution in [2.75, 3.05) is 5.32 Å². The molecule has 184 valence electrons. The molecule has 1 heterocycles. The molecule has 10 heteroatoms. The minimum atomic E-state index is -0.409. The third kappa shape index (κ3) is 4.22. The minimum Gasteiger partial charge on any atom is -0.377 e. The first kappa shape index (κ1) is 24.3. The molecule has 1 aliphatic carbocycles. The summed E-state index contributed by atoms with van der Waals surface area (Å²) in [6.07, 6.45) is 0.586. The monoisotopic (exact) mass is 523 g/mol. The smallest absolute Gasteiger partial charge is 0.282 e. The number of benzene rings is 3. The second kappa shape index (κ2) is 9.55. The Bertz CT molecular complexity index is 1380. The van der Waals surface area contributed by atoms with Crippen molar-refractivity contribution >= 4 is 46.2 Å². The van der Waals surface area contributed by atoms with Crippen LogP contribution in [0.1, 0.15) is 46.8 Å². The molecule has 5 rings (SSSR count). The first-order valence-electron chi connectivity index (χ1n) is 11.4. The zero-order valence-electron chi connectivity index (χ0n) is 19.2. The second-order valence-corrected chi connectivity index (χ2v) is 10.8. The van der Waals surface area contributed by atoms with E-state index in [1.54, 1.807) is 42.5 Å². The molecule has 3 aromatic carbocycles. The van der Waals surface area contributed by atoms with Gasteiger partial charge in [-0.2, -0.15) is 0 Å². The summed E-state index contributed by atoms with van der Waals surface area (Å²) >= 11 is 8.48. The Labute approximate surface area is 216 Å². The van der Waals surface area contributed by atoms with E-state index in [1.807, 2.05) is 12.1 Å². The highest BCUT2D eigenvalue weighted by molar-refractivity contribution is 8.00. The van der Waals surface area contributed by atoms with E-state index in [2.05, 4.69) is 5.32 Å². The first-order valence-corrected chi connectivity index (χ1v) is 12.8. The number of hydrogen-bond donors (Lipinski definition) is 1. The minimum absolute atomic E-state index is 0.0221.